The number of amides is 1. The van der Waals surface area contributed by atoms with Crippen molar-refractivity contribution < 1.29 is 17.9 Å². The lowest BCUT2D eigenvalue weighted by Gasteiger charge is -2.23. The Balaban J connectivity index is 1.82. The number of nitrogens with zero attached hydrogens (tertiary/aromatic N) is 2. The summed E-state index contributed by atoms with van der Waals surface area (Å²) in [6.45, 7) is 1.80. The Bertz CT molecular complexity index is 1210. The highest BCUT2D eigenvalue weighted by molar-refractivity contribution is 7.92. The fraction of sp³-hybridized carbons (Fsp3) is 0.130. The first-order chi connectivity index (χ1) is 15.8. The van der Waals surface area contributed by atoms with Crippen molar-refractivity contribution >= 4 is 51.0 Å². The molecule has 7 nitrogen and oxygen atoms in total. The van der Waals surface area contributed by atoms with Gasteiger partial charge in [0.15, 0.2) is 0 Å². The molecule has 0 bridgehead atoms. The molecule has 0 aliphatic rings. The maximum absolute atomic E-state index is 13.4. The van der Waals surface area contributed by atoms with Gasteiger partial charge in [-0.1, -0.05) is 47.5 Å². The first-order valence-corrected chi connectivity index (χ1v) is 12.1. The van der Waals surface area contributed by atoms with Gasteiger partial charge in [0, 0.05) is 5.56 Å². The molecule has 0 fully saturated rings. The van der Waals surface area contributed by atoms with E-state index in [0.717, 1.165) is 4.31 Å². The highest BCUT2D eigenvalue weighted by Gasteiger charge is 2.27. The Morgan fingerprint density at radius 2 is 1.64 bits per heavy atom. The summed E-state index contributed by atoms with van der Waals surface area (Å²) in [5.74, 6) is -0.0965. The number of rotatable bonds is 9. The van der Waals surface area contributed by atoms with Crippen LogP contribution in [0.3, 0.4) is 0 Å². The van der Waals surface area contributed by atoms with Crippen molar-refractivity contribution in [2.45, 2.75) is 11.8 Å². The third kappa shape index (κ3) is 6.25. The Labute approximate surface area is 202 Å². The fourth-order valence-electron chi connectivity index (χ4n) is 2.88. The van der Waals surface area contributed by atoms with Gasteiger partial charge < -0.3 is 4.74 Å². The van der Waals surface area contributed by atoms with Gasteiger partial charge in [0.05, 0.1) is 33.4 Å². The first kappa shape index (κ1) is 24.6. The van der Waals surface area contributed by atoms with Crippen LogP contribution in [0.4, 0.5) is 5.69 Å². The largest absolute Gasteiger partial charge is 0.494 e. The van der Waals surface area contributed by atoms with Crippen LogP contribution in [0.2, 0.25) is 10.0 Å². The van der Waals surface area contributed by atoms with E-state index < -0.39 is 22.5 Å². The van der Waals surface area contributed by atoms with Crippen molar-refractivity contribution in [2.24, 2.45) is 5.10 Å². The maximum atomic E-state index is 13.4. The number of halogens is 2. The van der Waals surface area contributed by atoms with Crippen LogP contribution in [0.25, 0.3) is 0 Å². The third-order valence-corrected chi connectivity index (χ3v) is 6.88. The van der Waals surface area contributed by atoms with Crippen LogP contribution in [0.15, 0.2) is 82.8 Å². The third-order valence-electron chi connectivity index (χ3n) is 4.44. The van der Waals surface area contributed by atoms with E-state index in [2.05, 4.69) is 10.5 Å². The number of sulfonamides is 1. The van der Waals surface area contributed by atoms with Crippen LogP contribution >= 0.6 is 23.2 Å². The molecular formula is C23H21Cl2N3O4S. The molecule has 0 unspecified atom stereocenters. The predicted octanol–water partition coefficient (Wildman–Crippen LogP) is 4.74. The zero-order chi connectivity index (χ0) is 23.8. The lowest BCUT2D eigenvalue weighted by molar-refractivity contribution is -0.119. The van der Waals surface area contributed by atoms with Gasteiger partial charge in [-0.25, -0.2) is 13.8 Å². The van der Waals surface area contributed by atoms with E-state index in [1.807, 2.05) is 6.92 Å². The molecule has 1 N–H and O–H groups in total. The van der Waals surface area contributed by atoms with Gasteiger partial charge in [0.1, 0.15) is 12.3 Å². The molecule has 0 radical (unpaired) electrons. The van der Waals surface area contributed by atoms with E-state index in [1.54, 1.807) is 60.7 Å². The molecule has 3 aromatic rings. The molecule has 0 aliphatic carbocycles. The Morgan fingerprint density at radius 1 is 1.00 bits per heavy atom. The van der Waals surface area contributed by atoms with Crippen molar-refractivity contribution in [3.8, 4) is 5.75 Å². The topological polar surface area (TPSA) is 88.1 Å². The van der Waals surface area contributed by atoms with E-state index in [9.17, 15) is 13.2 Å². The van der Waals surface area contributed by atoms with Crippen molar-refractivity contribution in [3.05, 3.63) is 88.4 Å². The summed E-state index contributed by atoms with van der Waals surface area (Å²) in [5.41, 5.74) is 3.09. The minimum Gasteiger partial charge on any atom is -0.494 e. The van der Waals surface area contributed by atoms with E-state index >= 15 is 0 Å². The molecular weight excluding hydrogens is 485 g/mol. The van der Waals surface area contributed by atoms with Crippen LogP contribution in [-0.4, -0.2) is 33.7 Å². The van der Waals surface area contributed by atoms with Gasteiger partial charge in [-0.3, -0.25) is 9.10 Å². The Hall–Kier alpha value is -3.07. The highest BCUT2D eigenvalue weighted by atomic mass is 35.5. The van der Waals surface area contributed by atoms with Crippen LogP contribution in [0.1, 0.15) is 12.5 Å². The standard InChI is InChI=1S/C23H21Cl2N3O4S/c1-2-32-18-11-13-19(14-12-18)33(30,31)28(17-7-4-3-5-8-17)16-23(29)27-26-15-20-21(24)9-6-10-22(20)25/h3-15H,2,16H2,1H3,(H,27,29)/b26-15+. The second kappa shape index (κ2) is 11.2. The highest BCUT2D eigenvalue weighted by Crippen LogP contribution is 2.25. The molecule has 0 saturated heterocycles. The molecule has 172 valence electrons. The summed E-state index contributed by atoms with van der Waals surface area (Å²) in [6, 6.07) is 19.3. The molecule has 0 heterocycles. The van der Waals surface area contributed by atoms with Crippen molar-refractivity contribution in [1.82, 2.24) is 5.43 Å². The lowest BCUT2D eigenvalue weighted by atomic mass is 10.2. The number of nitrogens with one attached hydrogen (secondary N) is 1. The number of para-hydroxylation sites is 1. The van der Waals surface area contributed by atoms with E-state index in [1.165, 1.54) is 18.3 Å². The van der Waals surface area contributed by atoms with Crippen LogP contribution in [0.5, 0.6) is 5.75 Å². The lowest BCUT2D eigenvalue weighted by Crippen LogP contribution is -2.39. The maximum Gasteiger partial charge on any atom is 0.264 e. The molecule has 3 aromatic carbocycles. The Morgan fingerprint density at radius 3 is 2.24 bits per heavy atom. The Kier molecular flexibility index (Phi) is 8.32. The number of hydrogen-bond acceptors (Lipinski definition) is 5. The average molecular weight is 506 g/mol. The van der Waals surface area contributed by atoms with E-state index in [-0.39, 0.29) is 4.90 Å². The molecule has 0 atom stereocenters. The number of benzene rings is 3. The molecule has 1 amide bonds. The molecule has 3 rings (SSSR count). The molecule has 0 saturated carbocycles. The summed E-state index contributed by atoms with van der Waals surface area (Å²) in [4.78, 5) is 12.6. The summed E-state index contributed by atoms with van der Waals surface area (Å²) in [6.07, 6.45) is 1.30. The second-order valence-corrected chi connectivity index (χ2v) is 9.36. The molecule has 0 aliphatic heterocycles. The first-order valence-electron chi connectivity index (χ1n) is 9.89. The van der Waals surface area contributed by atoms with Crippen molar-refractivity contribution in [2.75, 3.05) is 17.5 Å². The number of carbonyl (C=O) groups excluding carboxylic acids is 1. The summed E-state index contributed by atoms with van der Waals surface area (Å²) in [5, 5.41) is 4.60. The average Bonchev–Trinajstić information content (AvgIpc) is 2.80. The molecule has 33 heavy (non-hydrogen) atoms. The second-order valence-electron chi connectivity index (χ2n) is 6.68. The number of anilines is 1. The zero-order valence-corrected chi connectivity index (χ0v) is 19.9. The monoisotopic (exact) mass is 505 g/mol. The number of hydrogen-bond donors (Lipinski definition) is 1. The van der Waals surface area contributed by atoms with Crippen molar-refractivity contribution in [1.29, 1.82) is 0 Å². The van der Waals surface area contributed by atoms with Gasteiger partial charge in [-0.2, -0.15) is 5.10 Å². The van der Waals surface area contributed by atoms with Gasteiger partial charge in [0.2, 0.25) is 0 Å². The molecule has 10 heteroatoms. The minimum atomic E-state index is -4.05. The van der Waals surface area contributed by atoms with E-state index in [0.29, 0.717) is 33.7 Å². The molecule has 0 aromatic heterocycles. The quantitative estimate of drug-likeness (QED) is 0.336. The van der Waals surface area contributed by atoms with Gasteiger partial charge in [-0.15, -0.1) is 0 Å². The molecule has 0 spiro atoms. The van der Waals surface area contributed by atoms with Gasteiger partial charge in [-0.05, 0) is 55.5 Å². The van der Waals surface area contributed by atoms with Crippen molar-refractivity contribution in [3.63, 3.8) is 0 Å². The minimum absolute atomic E-state index is 0.0222. The van der Waals surface area contributed by atoms with Crippen LogP contribution in [-0.2, 0) is 14.8 Å². The number of ether oxygens (including phenoxy) is 1. The summed E-state index contributed by atoms with van der Waals surface area (Å²) in [7, 11) is -4.05. The SMILES string of the molecule is CCOc1ccc(S(=O)(=O)N(CC(=O)N/N=C/c2c(Cl)cccc2Cl)c2ccccc2)cc1. The van der Waals surface area contributed by atoms with E-state index in [4.69, 9.17) is 27.9 Å². The normalized spacial score (nSPS) is 11.4. The summed E-state index contributed by atoms with van der Waals surface area (Å²) < 4.78 is 33.1. The predicted molar refractivity (Wildman–Crippen MR) is 131 cm³/mol. The fourth-order valence-corrected chi connectivity index (χ4v) is 4.80. The number of hydrazone groups is 1. The van der Waals surface area contributed by atoms with Crippen LogP contribution < -0.4 is 14.5 Å². The zero-order valence-electron chi connectivity index (χ0n) is 17.6. The smallest absolute Gasteiger partial charge is 0.264 e. The van der Waals surface area contributed by atoms with Gasteiger partial charge in [0.25, 0.3) is 15.9 Å². The van der Waals surface area contributed by atoms with Gasteiger partial charge >= 0.3 is 0 Å². The summed E-state index contributed by atoms with van der Waals surface area (Å²) >= 11 is 12.2. The van der Waals surface area contributed by atoms with Crippen LogP contribution in [0, 0.1) is 0 Å². The number of carbonyl (C=O) groups is 1.